The molecule has 126 valence electrons. The summed E-state index contributed by atoms with van der Waals surface area (Å²) in [6.07, 6.45) is -0.0793. The molecule has 2 rings (SSSR count). The average molecular weight is 411 g/mol. The Morgan fingerprint density at radius 1 is 1.17 bits per heavy atom. The Balaban J connectivity index is 1.97. The molecule has 9 heteroatoms. The molecule has 0 bridgehead atoms. The highest BCUT2D eigenvalue weighted by atomic mass is 79.9. The lowest BCUT2D eigenvalue weighted by Crippen LogP contribution is -2.43. The summed E-state index contributed by atoms with van der Waals surface area (Å²) in [6, 6.07) is 9.18. The fourth-order valence-corrected chi connectivity index (χ4v) is 3.02. The van der Waals surface area contributed by atoms with Gasteiger partial charge in [0.25, 0.3) is 5.91 Å². The molecule has 0 saturated carbocycles. The SMILES string of the molecule is NC(=O)NC(CC(=O)NNC(=O)c1cccs1)c1cccc(Br)c1. The van der Waals surface area contributed by atoms with Gasteiger partial charge in [-0.15, -0.1) is 11.3 Å². The minimum absolute atomic E-state index is 0.0793. The minimum atomic E-state index is -0.740. The van der Waals surface area contributed by atoms with Gasteiger partial charge in [-0.25, -0.2) is 4.79 Å². The van der Waals surface area contributed by atoms with Crippen molar-refractivity contribution in [2.45, 2.75) is 12.5 Å². The molecule has 0 aliphatic rings. The van der Waals surface area contributed by atoms with E-state index in [1.807, 2.05) is 6.07 Å². The number of rotatable bonds is 5. The zero-order valence-corrected chi connectivity index (χ0v) is 14.8. The van der Waals surface area contributed by atoms with Crippen LogP contribution >= 0.6 is 27.3 Å². The monoisotopic (exact) mass is 410 g/mol. The Bertz CT molecular complexity index is 736. The van der Waals surface area contributed by atoms with Crippen molar-refractivity contribution < 1.29 is 14.4 Å². The standard InChI is InChI=1S/C15H15BrN4O3S/c16-10-4-1-3-9(7-10)11(18-15(17)23)8-13(21)19-20-14(22)12-5-2-6-24-12/h1-7,11H,8H2,(H,19,21)(H,20,22)(H3,17,18,23). The van der Waals surface area contributed by atoms with E-state index in [9.17, 15) is 14.4 Å². The number of amides is 4. The van der Waals surface area contributed by atoms with Crippen LogP contribution in [-0.2, 0) is 4.79 Å². The number of carbonyl (C=O) groups is 3. The summed E-state index contributed by atoms with van der Waals surface area (Å²) in [5.41, 5.74) is 10.5. The van der Waals surface area contributed by atoms with E-state index in [1.54, 1.807) is 35.7 Å². The number of urea groups is 1. The van der Waals surface area contributed by atoms with Gasteiger partial charge in [0.15, 0.2) is 0 Å². The number of primary amides is 1. The summed E-state index contributed by atoms with van der Waals surface area (Å²) in [6.45, 7) is 0. The summed E-state index contributed by atoms with van der Waals surface area (Å²) >= 11 is 4.60. The van der Waals surface area contributed by atoms with Gasteiger partial charge in [-0.2, -0.15) is 0 Å². The van der Waals surface area contributed by atoms with Crippen LogP contribution < -0.4 is 21.9 Å². The number of hydrazine groups is 1. The van der Waals surface area contributed by atoms with Crippen molar-refractivity contribution in [3.05, 3.63) is 56.7 Å². The first-order valence-corrected chi connectivity index (χ1v) is 8.57. The first-order chi connectivity index (χ1) is 11.5. The van der Waals surface area contributed by atoms with Crippen LogP contribution in [0.4, 0.5) is 4.79 Å². The number of thiophene rings is 1. The number of carbonyl (C=O) groups excluding carboxylic acids is 3. The zero-order valence-electron chi connectivity index (χ0n) is 12.4. The lowest BCUT2D eigenvalue weighted by atomic mass is 10.0. The fourth-order valence-electron chi connectivity index (χ4n) is 1.98. The van der Waals surface area contributed by atoms with Crippen molar-refractivity contribution in [1.29, 1.82) is 0 Å². The van der Waals surface area contributed by atoms with Gasteiger partial charge in [0.1, 0.15) is 0 Å². The fraction of sp³-hybridized carbons (Fsp3) is 0.133. The van der Waals surface area contributed by atoms with Gasteiger partial charge in [0.05, 0.1) is 17.3 Å². The predicted octanol–water partition coefficient (Wildman–Crippen LogP) is 2.07. The average Bonchev–Trinajstić information content (AvgIpc) is 3.06. The molecule has 1 unspecified atom stereocenters. The van der Waals surface area contributed by atoms with Gasteiger partial charge in [0, 0.05) is 4.47 Å². The van der Waals surface area contributed by atoms with Crippen molar-refractivity contribution in [2.75, 3.05) is 0 Å². The van der Waals surface area contributed by atoms with E-state index in [4.69, 9.17) is 5.73 Å². The maximum atomic E-state index is 12.0. The quantitative estimate of drug-likeness (QED) is 0.565. The summed E-state index contributed by atoms with van der Waals surface area (Å²) < 4.78 is 0.808. The smallest absolute Gasteiger partial charge is 0.312 e. The molecule has 1 aromatic carbocycles. The maximum Gasteiger partial charge on any atom is 0.312 e. The van der Waals surface area contributed by atoms with Crippen LogP contribution in [0.1, 0.15) is 27.7 Å². The van der Waals surface area contributed by atoms with E-state index >= 15 is 0 Å². The molecule has 0 aliphatic carbocycles. The van der Waals surface area contributed by atoms with E-state index in [0.717, 1.165) is 4.47 Å². The summed E-state index contributed by atoms with van der Waals surface area (Å²) in [5, 5.41) is 4.28. The second-order valence-corrected chi connectivity index (χ2v) is 6.66. The van der Waals surface area contributed by atoms with Crippen LogP contribution in [0.2, 0.25) is 0 Å². The Morgan fingerprint density at radius 3 is 2.58 bits per heavy atom. The number of nitrogens with two attached hydrogens (primary N) is 1. The van der Waals surface area contributed by atoms with Crippen molar-refractivity contribution in [1.82, 2.24) is 16.2 Å². The number of hydrogen-bond donors (Lipinski definition) is 4. The van der Waals surface area contributed by atoms with E-state index < -0.39 is 23.9 Å². The molecule has 0 fully saturated rings. The number of benzene rings is 1. The van der Waals surface area contributed by atoms with E-state index in [1.165, 1.54) is 11.3 Å². The van der Waals surface area contributed by atoms with E-state index in [-0.39, 0.29) is 6.42 Å². The molecule has 24 heavy (non-hydrogen) atoms. The predicted molar refractivity (Wildman–Crippen MR) is 94.1 cm³/mol. The lowest BCUT2D eigenvalue weighted by Gasteiger charge is -2.18. The Hall–Kier alpha value is -2.39. The summed E-state index contributed by atoms with van der Waals surface area (Å²) in [4.78, 5) is 35.5. The molecular weight excluding hydrogens is 396 g/mol. The van der Waals surface area contributed by atoms with Crippen LogP contribution in [0.3, 0.4) is 0 Å². The molecule has 0 spiro atoms. The Labute approximate surface area is 150 Å². The molecule has 0 aliphatic heterocycles. The lowest BCUT2D eigenvalue weighted by molar-refractivity contribution is -0.122. The first-order valence-electron chi connectivity index (χ1n) is 6.90. The molecule has 1 aromatic heterocycles. The van der Waals surface area contributed by atoms with Crippen LogP contribution in [-0.4, -0.2) is 17.8 Å². The van der Waals surface area contributed by atoms with E-state index in [2.05, 4.69) is 32.1 Å². The highest BCUT2D eigenvalue weighted by Gasteiger charge is 2.18. The van der Waals surface area contributed by atoms with Gasteiger partial charge in [-0.1, -0.05) is 34.1 Å². The van der Waals surface area contributed by atoms with Gasteiger partial charge >= 0.3 is 6.03 Å². The largest absolute Gasteiger partial charge is 0.352 e. The van der Waals surface area contributed by atoms with Crippen molar-refractivity contribution in [2.24, 2.45) is 5.73 Å². The highest BCUT2D eigenvalue weighted by molar-refractivity contribution is 9.10. The molecular formula is C15H15BrN4O3S. The maximum absolute atomic E-state index is 12.0. The second-order valence-electron chi connectivity index (χ2n) is 4.80. The van der Waals surface area contributed by atoms with Gasteiger partial charge in [-0.3, -0.25) is 20.4 Å². The molecule has 5 N–H and O–H groups in total. The van der Waals surface area contributed by atoms with Crippen molar-refractivity contribution >= 4 is 45.1 Å². The molecule has 1 atom stereocenters. The van der Waals surface area contributed by atoms with Crippen LogP contribution in [0.15, 0.2) is 46.3 Å². The third-order valence-corrected chi connectivity index (χ3v) is 4.38. The van der Waals surface area contributed by atoms with Gasteiger partial charge in [-0.05, 0) is 29.1 Å². The van der Waals surface area contributed by atoms with Crippen molar-refractivity contribution in [3.63, 3.8) is 0 Å². The van der Waals surface area contributed by atoms with Gasteiger partial charge in [0.2, 0.25) is 5.91 Å². The van der Waals surface area contributed by atoms with E-state index in [0.29, 0.717) is 10.4 Å². The Kier molecular flexibility index (Phi) is 6.33. The molecule has 7 nitrogen and oxygen atoms in total. The molecule has 1 heterocycles. The molecule has 0 radical (unpaired) electrons. The highest BCUT2D eigenvalue weighted by Crippen LogP contribution is 2.20. The first kappa shape index (κ1) is 18.0. The molecule has 4 amide bonds. The van der Waals surface area contributed by atoms with Crippen LogP contribution in [0.25, 0.3) is 0 Å². The van der Waals surface area contributed by atoms with Gasteiger partial charge < -0.3 is 11.1 Å². The van der Waals surface area contributed by atoms with Crippen LogP contribution in [0.5, 0.6) is 0 Å². The normalized spacial score (nSPS) is 11.4. The number of hydrogen-bond acceptors (Lipinski definition) is 4. The summed E-state index contributed by atoms with van der Waals surface area (Å²) in [5.74, 6) is -0.862. The topological polar surface area (TPSA) is 113 Å². The number of nitrogens with one attached hydrogen (secondary N) is 3. The number of halogens is 1. The molecule has 2 aromatic rings. The third-order valence-electron chi connectivity index (χ3n) is 3.02. The minimum Gasteiger partial charge on any atom is -0.352 e. The third kappa shape index (κ3) is 5.36. The summed E-state index contributed by atoms with van der Waals surface area (Å²) in [7, 11) is 0. The molecule has 0 saturated heterocycles. The zero-order chi connectivity index (χ0) is 17.5. The Morgan fingerprint density at radius 2 is 1.96 bits per heavy atom. The van der Waals surface area contributed by atoms with Crippen LogP contribution in [0, 0.1) is 0 Å². The van der Waals surface area contributed by atoms with Crippen molar-refractivity contribution in [3.8, 4) is 0 Å². The second kappa shape index (κ2) is 8.46.